The first-order valence-corrected chi connectivity index (χ1v) is 4.97. The minimum Gasteiger partial charge on any atom is -0.378 e. The van der Waals surface area contributed by atoms with Gasteiger partial charge in [0.15, 0.2) is 0 Å². The SMILES string of the molecule is CC=C(C)c1cc(C)cc(N(C)C)c1. The molecule has 0 aliphatic rings. The second-order valence-electron chi connectivity index (χ2n) is 3.92. The Morgan fingerprint density at radius 1 is 1.21 bits per heavy atom. The lowest BCUT2D eigenvalue weighted by Gasteiger charge is -2.15. The molecule has 0 spiro atoms. The summed E-state index contributed by atoms with van der Waals surface area (Å²) in [6.45, 7) is 6.36. The molecule has 1 heteroatoms. The van der Waals surface area contributed by atoms with Crippen LogP contribution in [0.25, 0.3) is 5.57 Å². The second-order valence-corrected chi connectivity index (χ2v) is 3.92. The average Bonchev–Trinajstić information content (AvgIpc) is 2.15. The molecule has 0 saturated heterocycles. The van der Waals surface area contributed by atoms with Gasteiger partial charge in [0.25, 0.3) is 0 Å². The van der Waals surface area contributed by atoms with Crippen LogP contribution in [0.3, 0.4) is 0 Å². The van der Waals surface area contributed by atoms with E-state index in [4.69, 9.17) is 0 Å². The summed E-state index contributed by atoms with van der Waals surface area (Å²) >= 11 is 0. The van der Waals surface area contributed by atoms with Crippen molar-refractivity contribution in [1.29, 1.82) is 0 Å². The molecule has 0 bridgehead atoms. The minimum absolute atomic E-state index is 1.27. The summed E-state index contributed by atoms with van der Waals surface area (Å²) in [7, 11) is 4.15. The van der Waals surface area contributed by atoms with Crippen LogP contribution in [0.1, 0.15) is 25.0 Å². The third-order valence-corrected chi connectivity index (χ3v) is 2.47. The fourth-order valence-corrected chi connectivity index (χ4v) is 1.42. The van der Waals surface area contributed by atoms with Gasteiger partial charge in [0.05, 0.1) is 0 Å². The van der Waals surface area contributed by atoms with Crippen LogP contribution in [0.15, 0.2) is 24.3 Å². The number of nitrogens with zero attached hydrogens (tertiary/aromatic N) is 1. The standard InChI is InChI=1S/C13H19N/c1-6-11(3)12-7-10(2)8-13(9-12)14(4)5/h6-9H,1-5H3. The topological polar surface area (TPSA) is 3.24 Å². The second kappa shape index (κ2) is 4.32. The Bertz CT molecular complexity index is 348. The van der Waals surface area contributed by atoms with Crippen molar-refractivity contribution in [2.45, 2.75) is 20.8 Å². The first-order chi connectivity index (χ1) is 6.54. The predicted molar refractivity (Wildman–Crippen MR) is 64.8 cm³/mol. The maximum Gasteiger partial charge on any atom is 0.0369 e. The molecule has 1 rings (SSSR count). The third kappa shape index (κ3) is 2.38. The molecule has 0 aliphatic carbocycles. The van der Waals surface area contributed by atoms with Gasteiger partial charge in [0, 0.05) is 19.8 Å². The van der Waals surface area contributed by atoms with E-state index in [0.29, 0.717) is 0 Å². The molecule has 0 aromatic heterocycles. The summed E-state index contributed by atoms with van der Waals surface area (Å²) in [6, 6.07) is 6.65. The zero-order chi connectivity index (χ0) is 10.7. The number of anilines is 1. The lowest BCUT2D eigenvalue weighted by atomic mass is 10.0. The third-order valence-electron chi connectivity index (χ3n) is 2.47. The van der Waals surface area contributed by atoms with Crippen molar-refractivity contribution in [3.8, 4) is 0 Å². The summed E-state index contributed by atoms with van der Waals surface area (Å²) in [5, 5.41) is 0. The molecule has 0 fully saturated rings. The lowest BCUT2D eigenvalue weighted by molar-refractivity contribution is 1.12. The van der Waals surface area contributed by atoms with Crippen molar-refractivity contribution >= 4 is 11.3 Å². The van der Waals surface area contributed by atoms with Gasteiger partial charge in [-0.3, -0.25) is 0 Å². The number of hydrogen-bond acceptors (Lipinski definition) is 1. The number of rotatable bonds is 2. The summed E-state index contributed by atoms with van der Waals surface area (Å²) < 4.78 is 0. The zero-order valence-corrected chi connectivity index (χ0v) is 9.76. The average molecular weight is 189 g/mol. The van der Waals surface area contributed by atoms with Gasteiger partial charge in [-0.25, -0.2) is 0 Å². The van der Waals surface area contributed by atoms with E-state index < -0.39 is 0 Å². The highest BCUT2D eigenvalue weighted by molar-refractivity contribution is 5.68. The summed E-state index contributed by atoms with van der Waals surface area (Å²) in [6.07, 6.45) is 2.15. The molecule has 1 nitrogen and oxygen atoms in total. The molecule has 0 heterocycles. The van der Waals surface area contributed by atoms with Crippen LogP contribution in [-0.2, 0) is 0 Å². The Morgan fingerprint density at radius 3 is 2.36 bits per heavy atom. The molecule has 1 aromatic carbocycles. The smallest absolute Gasteiger partial charge is 0.0369 e. The molecular weight excluding hydrogens is 170 g/mol. The van der Waals surface area contributed by atoms with E-state index in [-0.39, 0.29) is 0 Å². The number of allylic oxidation sites excluding steroid dienone is 2. The first kappa shape index (κ1) is 10.8. The number of benzene rings is 1. The normalized spacial score (nSPS) is 11.6. The van der Waals surface area contributed by atoms with Crippen LogP contribution < -0.4 is 4.90 Å². The van der Waals surface area contributed by atoms with Crippen LogP contribution in [-0.4, -0.2) is 14.1 Å². The van der Waals surface area contributed by atoms with Crippen molar-refractivity contribution < 1.29 is 0 Å². The molecule has 0 N–H and O–H groups in total. The molecule has 14 heavy (non-hydrogen) atoms. The van der Waals surface area contributed by atoms with E-state index in [1.54, 1.807) is 0 Å². The van der Waals surface area contributed by atoms with E-state index in [9.17, 15) is 0 Å². The molecule has 0 radical (unpaired) electrons. The van der Waals surface area contributed by atoms with E-state index in [1.165, 1.54) is 22.4 Å². The van der Waals surface area contributed by atoms with E-state index >= 15 is 0 Å². The quantitative estimate of drug-likeness (QED) is 0.688. The van der Waals surface area contributed by atoms with Crippen molar-refractivity contribution in [1.82, 2.24) is 0 Å². The molecule has 76 valence electrons. The monoisotopic (exact) mass is 189 g/mol. The van der Waals surface area contributed by atoms with Gasteiger partial charge >= 0.3 is 0 Å². The summed E-state index contributed by atoms with van der Waals surface area (Å²) in [4.78, 5) is 2.14. The van der Waals surface area contributed by atoms with Crippen LogP contribution in [0.4, 0.5) is 5.69 Å². The van der Waals surface area contributed by atoms with Gasteiger partial charge in [-0.15, -0.1) is 0 Å². The summed E-state index contributed by atoms with van der Waals surface area (Å²) in [5.74, 6) is 0. The molecule has 0 aliphatic heterocycles. The van der Waals surface area contributed by atoms with Gasteiger partial charge in [-0.05, 0) is 49.6 Å². The van der Waals surface area contributed by atoms with Crippen molar-refractivity contribution in [2.24, 2.45) is 0 Å². The highest BCUT2D eigenvalue weighted by Gasteiger charge is 2.01. The van der Waals surface area contributed by atoms with Crippen LogP contribution in [0.2, 0.25) is 0 Å². The maximum absolute atomic E-state index is 2.22. The highest BCUT2D eigenvalue weighted by atomic mass is 15.1. The number of hydrogen-bond donors (Lipinski definition) is 0. The fourth-order valence-electron chi connectivity index (χ4n) is 1.42. The van der Waals surface area contributed by atoms with Gasteiger partial charge in [-0.1, -0.05) is 12.1 Å². The lowest BCUT2D eigenvalue weighted by Crippen LogP contribution is -2.09. The van der Waals surface area contributed by atoms with Crippen molar-refractivity contribution in [3.63, 3.8) is 0 Å². The first-order valence-electron chi connectivity index (χ1n) is 4.97. The fraction of sp³-hybridized carbons (Fsp3) is 0.385. The van der Waals surface area contributed by atoms with E-state index in [2.05, 4.69) is 64.0 Å². The molecule has 0 saturated carbocycles. The molecule has 0 amide bonds. The van der Waals surface area contributed by atoms with Gasteiger partial charge in [-0.2, -0.15) is 0 Å². The molecule has 0 unspecified atom stereocenters. The van der Waals surface area contributed by atoms with Gasteiger partial charge in [0.1, 0.15) is 0 Å². The van der Waals surface area contributed by atoms with Crippen LogP contribution >= 0.6 is 0 Å². The van der Waals surface area contributed by atoms with Crippen LogP contribution in [0.5, 0.6) is 0 Å². The van der Waals surface area contributed by atoms with Crippen molar-refractivity contribution in [3.05, 3.63) is 35.4 Å². The molecule has 0 atom stereocenters. The minimum atomic E-state index is 1.27. The predicted octanol–water partition coefficient (Wildman–Crippen LogP) is 3.48. The van der Waals surface area contributed by atoms with Crippen LogP contribution in [0, 0.1) is 6.92 Å². The molecule has 1 aromatic rings. The Hall–Kier alpha value is -1.24. The van der Waals surface area contributed by atoms with E-state index in [0.717, 1.165) is 0 Å². The van der Waals surface area contributed by atoms with E-state index in [1.807, 2.05) is 0 Å². The highest BCUT2D eigenvalue weighted by Crippen LogP contribution is 2.22. The molecular formula is C13H19N. The Kier molecular flexibility index (Phi) is 3.34. The largest absolute Gasteiger partial charge is 0.378 e. The maximum atomic E-state index is 2.22. The zero-order valence-electron chi connectivity index (χ0n) is 9.76. The van der Waals surface area contributed by atoms with Crippen molar-refractivity contribution in [2.75, 3.05) is 19.0 Å². The number of aryl methyl sites for hydroxylation is 1. The van der Waals surface area contributed by atoms with Gasteiger partial charge < -0.3 is 4.90 Å². The van der Waals surface area contributed by atoms with Gasteiger partial charge in [0.2, 0.25) is 0 Å². The summed E-state index contributed by atoms with van der Waals surface area (Å²) in [5.41, 5.74) is 5.22. The Morgan fingerprint density at radius 2 is 1.86 bits per heavy atom. The Labute approximate surface area is 87.1 Å². The Balaban J connectivity index is 3.20.